The van der Waals surface area contributed by atoms with Crippen LogP contribution < -0.4 is 5.32 Å². The summed E-state index contributed by atoms with van der Waals surface area (Å²) >= 11 is 0. The van der Waals surface area contributed by atoms with Crippen molar-refractivity contribution in [3.8, 4) is 0 Å². The molecule has 14 heteroatoms. The molecule has 0 spiro atoms. The van der Waals surface area contributed by atoms with Gasteiger partial charge in [0, 0.05) is 25.2 Å². The third kappa shape index (κ3) is 6.49. The maximum Gasteiger partial charge on any atom is 0.256 e. The number of nitrogens with zero attached hydrogens (tertiary/aromatic N) is 7. The predicted molar refractivity (Wildman–Crippen MR) is 137 cm³/mol. The molecular weight excluding hydrogens is 496 g/mol. The van der Waals surface area contributed by atoms with Crippen LogP contribution in [-0.4, -0.2) is 76.9 Å². The normalized spacial score (nSPS) is 21.6. The van der Waals surface area contributed by atoms with Crippen molar-refractivity contribution in [2.45, 2.75) is 50.2 Å². The van der Waals surface area contributed by atoms with E-state index in [2.05, 4.69) is 49.9 Å². The zero-order valence-electron chi connectivity index (χ0n) is 20.9. The standard InChI is InChI=1S/C23H30N8O5Si/c1-37(2,3)10-9-34-14-35-19-18(32)16(11-28-30-24)36-23(19)31-13-27-17-20(25-12-26-21(17)31)29-22(33)15-7-5-4-6-8-15/h4-8,12-13,16,18-19,23,32H,9-11,14H2,1-3H3,(H,25,26,29,33). The quantitative estimate of drug-likeness (QED) is 0.0957. The second-order valence-electron chi connectivity index (χ2n) is 9.80. The van der Waals surface area contributed by atoms with Gasteiger partial charge in [0.25, 0.3) is 5.91 Å². The number of aromatic nitrogens is 4. The van der Waals surface area contributed by atoms with E-state index in [9.17, 15) is 9.90 Å². The van der Waals surface area contributed by atoms with Crippen LogP contribution in [0.1, 0.15) is 16.6 Å². The predicted octanol–water partition coefficient (Wildman–Crippen LogP) is 3.34. The molecule has 37 heavy (non-hydrogen) atoms. The van der Waals surface area contributed by atoms with Crippen molar-refractivity contribution in [3.05, 3.63) is 59.0 Å². The van der Waals surface area contributed by atoms with Gasteiger partial charge in [-0.25, -0.2) is 15.0 Å². The smallest absolute Gasteiger partial charge is 0.256 e. The number of fused-ring (bicyclic) bond motifs is 1. The Labute approximate surface area is 214 Å². The molecule has 1 aliphatic heterocycles. The van der Waals surface area contributed by atoms with Gasteiger partial charge in [-0.2, -0.15) is 0 Å². The molecule has 1 amide bonds. The summed E-state index contributed by atoms with van der Waals surface area (Å²) in [5.74, 6) is -0.109. The first-order valence-electron chi connectivity index (χ1n) is 11.9. The number of imidazole rings is 1. The monoisotopic (exact) mass is 526 g/mol. The van der Waals surface area contributed by atoms with Crippen molar-refractivity contribution >= 4 is 31.0 Å². The summed E-state index contributed by atoms with van der Waals surface area (Å²) in [7, 11) is -1.26. The van der Waals surface area contributed by atoms with Gasteiger partial charge >= 0.3 is 0 Å². The lowest BCUT2D eigenvalue weighted by Gasteiger charge is -2.22. The number of hydrogen-bond acceptors (Lipinski definition) is 9. The van der Waals surface area contributed by atoms with E-state index in [1.54, 1.807) is 28.8 Å². The molecule has 2 aromatic heterocycles. The number of rotatable bonds is 11. The maximum atomic E-state index is 12.7. The number of carbonyl (C=O) groups is 1. The number of hydrogen-bond donors (Lipinski definition) is 2. The van der Waals surface area contributed by atoms with Crippen LogP contribution in [0.4, 0.5) is 5.82 Å². The average Bonchev–Trinajstić information content (AvgIpc) is 3.44. The van der Waals surface area contributed by atoms with Gasteiger partial charge in [0.15, 0.2) is 23.2 Å². The fraction of sp³-hybridized carbons (Fsp3) is 0.478. The Morgan fingerprint density at radius 3 is 2.78 bits per heavy atom. The van der Waals surface area contributed by atoms with Gasteiger partial charge in [-0.3, -0.25) is 9.36 Å². The van der Waals surface area contributed by atoms with Crippen LogP contribution in [0, 0.1) is 0 Å². The second-order valence-corrected chi connectivity index (χ2v) is 15.4. The van der Waals surface area contributed by atoms with E-state index in [4.69, 9.17) is 19.7 Å². The molecule has 0 radical (unpaired) electrons. The largest absolute Gasteiger partial charge is 0.388 e. The molecule has 1 fully saturated rings. The Balaban J connectivity index is 1.55. The Morgan fingerprint density at radius 1 is 1.27 bits per heavy atom. The molecule has 196 valence electrons. The number of aliphatic hydroxyl groups is 1. The van der Waals surface area contributed by atoms with Gasteiger partial charge in [-0.05, 0) is 23.7 Å². The minimum atomic E-state index is -1.26. The summed E-state index contributed by atoms with van der Waals surface area (Å²) in [6.07, 6.45) is -0.795. The number of nitrogens with one attached hydrogen (secondary N) is 1. The minimum Gasteiger partial charge on any atom is -0.388 e. The molecular formula is C23H30N8O5Si. The number of amides is 1. The Hall–Kier alpha value is -3.39. The highest BCUT2D eigenvalue weighted by atomic mass is 28.3. The fourth-order valence-electron chi connectivity index (χ4n) is 3.85. The zero-order valence-corrected chi connectivity index (χ0v) is 21.9. The van der Waals surface area contributed by atoms with E-state index >= 15 is 0 Å². The summed E-state index contributed by atoms with van der Waals surface area (Å²) in [5, 5.41) is 17.2. The molecule has 4 rings (SSSR count). The van der Waals surface area contributed by atoms with Gasteiger partial charge in [0.05, 0.1) is 19.0 Å². The molecule has 0 aliphatic carbocycles. The van der Waals surface area contributed by atoms with Gasteiger partial charge in [0.2, 0.25) is 0 Å². The number of ether oxygens (including phenoxy) is 3. The van der Waals surface area contributed by atoms with Crippen LogP contribution in [0.15, 0.2) is 48.1 Å². The van der Waals surface area contributed by atoms with Crippen molar-refractivity contribution in [1.29, 1.82) is 0 Å². The molecule has 1 aromatic carbocycles. The van der Waals surface area contributed by atoms with Crippen LogP contribution >= 0.6 is 0 Å². The van der Waals surface area contributed by atoms with Crippen LogP contribution in [0.3, 0.4) is 0 Å². The van der Waals surface area contributed by atoms with Crippen molar-refractivity contribution in [2.24, 2.45) is 5.11 Å². The maximum absolute atomic E-state index is 12.7. The van der Waals surface area contributed by atoms with Crippen molar-refractivity contribution in [3.63, 3.8) is 0 Å². The van der Waals surface area contributed by atoms with E-state index in [1.807, 2.05) is 6.07 Å². The highest BCUT2D eigenvalue weighted by Gasteiger charge is 2.46. The average molecular weight is 527 g/mol. The first kappa shape index (κ1) is 26.7. The zero-order chi connectivity index (χ0) is 26.4. The van der Waals surface area contributed by atoms with Crippen LogP contribution in [0.2, 0.25) is 25.7 Å². The molecule has 3 heterocycles. The van der Waals surface area contributed by atoms with Crippen LogP contribution in [-0.2, 0) is 14.2 Å². The van der Waals surface area contributed by atoms with Crippen molar-refractivity contribution in [1.82, 2.24) is 19.5 Å². The van der Waals surface area contributed by atoms with E-state index in [0.717, 1.165) is 6.04 Å². The summed E-state index contributed by atoms with van der Waals surface area (Å²) in [6.45, 7) is 7.20. The third-order valence-electron chi connectivity index (χ3n) is 5.88. The van der Waals surface area contributed by atoms with E-state index in [0.29, 0.717) is 23.3 Å². The summed E-state index contributed by atoms with van der Waals surface area (Å²) in [5.41, 5.74) is 9.91. The molecule has 4 atom stereocenters. The summed E-state index contributed by atoms with van der Waals surface area (Å²) < 4.78 is 19.2. The first-order chi connectivity index (χ1) is 17.8. The topological polar surface area (TPSA) is 169 Å². The van der Waals surface area contributed by atoms with Gasteiger partial charge < -0.3 is 24.6 Å². The van der Waals surface area contributed by atoms with E-state index in [-0.39, 0.29) is 25.1 Å². The first-order valence-corrected chi connectivity index (χ1v) is 15.6. The molecule has 3 aromatic rings. The van der Waals surface area contributed by atoms with Crippen LogP contribution in [0.5, 0.6) is 0 Å². The number of carbonyl (C=O) groups excluding carboxylic acids is 1. The van der Waals surface area contributed by atoms with Gasteiger partial charge in [-0.15, -0.1) is 0 Å². The number of anilines is 1. The number of aliphatic hydroxyl groups excluding tert-OH is 1. The fourth-order valence-corrected chi connectivity index (χ4v) is 4.61. The molecule has 4 unspecified atom stereocenters. The van der Waals surface area contributed by atoms with Gasteiger partial charge in [-0.1, -0.05) is 43.0 Å². The molecule has 2 N–H and O–H groups in total. The molecule has 1 aliphatic rings. The van der Waals surface area contributed by atoms with Crippen LogP contribution in [0.25, 0.3) is 21.6 Å². The highest BCUT2D eigenvalue weighted by molar-refractivity contribution is 6.76. The Bertz CT molecular complexity index is 1260. The Kier molecular flexibility index (Phi) is 8.48. The molecule has 13 nitrogen and oxygen atoms in total. The van der Waals surface area contributed by atoms with E-state index in [1.165, 1.54) is 12.7 Å². The minimum absolute atomic E-state index is 0.0414. The summed E-state index contributed by atoms with van der Waals surface area (Å²) in [6, 6.07) is 9.72. The van der Waals surface area contributed by atoms with E-state index < -0.39 is 32.6 Å². The van der Waals surface area contributed by atoms with Crippen molar-refractivity contribution in [2.75, 3.05) is 25.3 Å². The lowest BCUT2D eigenvalue weighted by Crippen LogP contribution is -2.36. The SMILES string of the molecule is C[Si](C)(C)CCOCOC1C(O)C(CN=[N+]=[N-])OC1n1cnc2c(NC(=O)c3ccccc3)ncnc21. The summed E-state index contributed by atoms with van der Waals surface area (Å²) in [4.78, 5) is 28.3. The van der Waals surface area contributed by atoms with Crippen molar-refractivity contribution < 1.29 is 24.1 Å². The number of benzene rings is 1. The third-order valence-corrected chi connectivity index (χ3v) is 7.58. The second kappa shape index (κ2) is 11.8. The molecule has 0 bridgehead atoms. The lowest BCUT2D eigenvalue weighted by atomic mass is 10.1. The highest BCUT2D eigenvalue weighted by Crippen LogP contribution is 2.34. The number of azide groups is 1. The van der Waals surface area contributed by atoms with Gasteiger partial charge in [0.1, 0.15) is 25.3 Å². The molecule has 0 saturated carbocycles. The Morgan fingerprint density at radius 2 is 2.05 bits per heavy atom. The molecule has 1 saturated heterocycles. The lowest BCUT2D eigenvalue weighted by molar-refractivity contribution is -0.136.